The number of nitrogens with one attached hydrogen (secondary N) is 5. The van der Waals surface area contributed by atoms with E-state index in [4.69, 9.17) is 19.4 Å². The lowest BCUT2D eigenvalue weighted by Gasteiger charge is -2.30. The first-order valence-corrected chi connectivity index (χ1v) is 24.2. The molecule has 0 radical (unpaired) electrons. The summed E-state index contributed by atoms with van der Waals surface area (Å²) in [5.74, 6) is 0.913. The van der Waals surface area contributed by atoms with Crippen molar-refractivity contribution in [1.82, 2.24) is 40.4 Å². The van der Waals surface area contributed by atoms with Crippen molar-refractivity contribution in [2.75, 3.05) is 38.7 Å². The molecule has 5 amide bonds. The fourth-order valence-electron chi connectivity index (χ4n) is 10.6. The molecule has 2 fully saturated rings. The number of rotatable bonds is 12. The van der Waals surface area contributed by atoms with Gasteiger partial charge in [-0.25, -0.2) is 14.8 Å². The number of aromatic amines is 2. The Kier molecular flexibility index (Phi) is 13.4. The predicted octanol–water partition coefficient (Wildman–Crippen LogP) is 6.13. The predicted molar refractivity (Wildman–Crippen MR) is 255 cm³/mol. The van der Waals surface area contributed by atoms with Crippen molar-refractivity contribution in [2.24, 2.45) is 17.8 Å². The number of benzene rings is 3. The van der Waals surface area contributed by atoms with Crippen LogP contribution < -0.4 is 20.7 Å². The summed E-state index contributed by atoms with van der Waals surface area (Å²) in [6.07, 6.45) is 6.39. The van der Waals surface area contributed by atoms with Crippen molar-refractivity contribution in [2.45, 2.75) is 116 Å². The number of likely N-dealkylation sites (tertiary alicyclic amines) is 2. The van der Waals surface area contributed by atoms with E-state index in [0.29, 0.717) is 38.4 Å². The number of carbonyl (C=O) groups is 5. The van der Waals surface area contributed by atoms with E-state index in [-0.39, 0.29) is 53.5 Å². The monoisotopic (exact) mass is 929 g/mol. The minimum Gasteiger partial charge on any atom is -0.493 e. The van der Waals surface area contributed by atoms with Crippen LogP contribution in [0.1, 0.15) is 118 Å². The maximum absolute atomic E-state index is 14.0. The number of carbonyl (C=O) groups excluding carboxylic acids is 5. The summed E-state index contributed by atoms with van der Waals surface area (Å²) in [4.78, 5) is 85.8. The number of nitrogens with zero attached hydrogens (tertiary/aromatic N) is 4. The van der Waals surface area contributed by atoms with Crippen molar-refractivity contribution in [3.05, 3.63) is 82.4 Å². The third-order valence-corrected chi connectivity index (χ3v) is 14.4. The quantitative estimate of drug-likeness (QED) is 0.0840. The summed E-state index contributed by atoms with van der Waals surface area (Å²) in [5, 5.41) is 17.9. The molecule has 3 aromatic carbocycles. The van der Waals surface area contributed by atoms with Crippen LogP contribution in [0.15, 0.2) is 48.5 Å². The molecule has 6 N–H and O–H groups in total. The molecule has 4 unspecified atom stereocenters. The molecule has 0 saturated carbocycles. The number of hydrogen-bond acceptors (Lipinski definition) is 10. The fourth-order valence-corrected chi connectivity index (χ4v) is 10.6. The van der Waals surface area contributed by atoms with E-state index in [2.05, 4.69) is 50.2 Å². The average Bonchev–Trinajstić information content (AvgIpc) is 4.14. The maximum atomic E-state index is 14.0. The number of amides is 5. The molecule has 68 heavy (non-hydrogen) atoms. The molecule has 2 aromatic heterocycles. The number of ether oxygens (including phenoxy) is 2. The van der Waals surface area contributed by atoms with Gasteiger partial charge in [0.05, 0.1) is 53.8 Å². The standard InChI is InChI=1S/C51H63N9O8/c1-27(2)44(57-43(62)25-61)49(64)59-18-6-9-41(59)47-53-36-17-14-31(22-39(36)55-47)34-15-13-32-24-42-33(23-37(32)56-48(34)63)12-10-30(26-68-42)20-29-11-16-35-38(21-29)54-46(52-35)40-8-7-19-60(40)50(65)45(28(3)4)58-51(66)67-5/h11,14,16-17,21-24,27-28,30,34,40-41,44-45,61H,6-10,12-13,15,18-20,25-26H2,1-5H3,(H,52,54)(H,53,55)(H,56,63)(H,57,62)(H,58,66)/t30?,34?,40?,41?,44-,45+/m0/s1. The first kappa shape index (κ1) is 46.6. The Morgan fingerprint density at radius 3 is 2.04 bits per heavy atom. The zero-order valence-corrected chi connectivity index (χ0v) is 39.5. The summed E-state index contributed by atoms with van der Waals surface area (Å²) in [6.45, 7) is 8.57. The highest BCUT2D eigenvalue weighted by molar-refractivity contribution is 5.98. The second-order valence-corrected chi connectivity index (χ2v) is 19.7. The number of anilines is 1. The van der Waals surface area contributed by atoms with Gasteiger partial charge in [-0.15, -0.1) is 0 Å². The first-order chi connectivity index (χ1) is 32.8. The molecule has 5 aromatic rings. The number of aromatic nitrogens is 4. The average molecular weight is 930 g/mol. The van der Waals surface area contributed by atoms with Crippen LogP contribution in [-0.2, 0) is 43.2 Å². The SMILES string of the molecule is COC(=O)N[C@@H](C(=O)N1CCCC1c1nc2ccc(CC3CCc4cc5c(cc4OC3)CCC(c3ccc4nc(C6CCCN6C(=O)[C@@H](NC(=O)CO)C(C)C)[nH]c4c3)C(=O)N5)cc2[nH]1)C(C)C. The van der Waals surface area contributed by atoms with Crippen molar-refractivity contribution in [3.63, 3.8) is 0 Å². The Bertz CT molecular complexity index is 2730. The lowest BCUT2D eigenvalue weighted by atomic mass is 9.92. The minimum absolute atomic E-state index is 0.0626. The number of alkyl carbamates (subject to hydrolysis) is 1. The molecule has 0 spiro atoms. The van der Waals surface area contributed by atoms with Crippen LogP contribution in [0.25, 0.3) is 22.1 Å². The van der Waals surface area contributed by atoms with Gasteiger partial charge in [0.1, 0.15) is 36.1 Å². The molecule has 17 heteroatoms. The van der Waals surface area contributed by atoms with Crippen LogP contribution in [-0.4, -0.2) is 110 Å². The molecular formula is C51H63N9O8. The Hall–Kier alpha value is -6.49. The van der Waals surface area contributed by atoms with Gasteiger partial charge in [-0.05, 0) is 134 Å². The molecule has 4 aliphatic rings. The number of methoxy groups -OCH3 is 1. The van der Waals surface area contributed by atoms with Gasteiger partial charge in [-0.1, -0.05) is 39.8 Å². The van der Waals surface area contributed by atoms with Gasteiger partial charge in [-0.2, -0.15) is 0 Å². The smallest absolute Gasteiger partial charge is 0.407 e. The number of hydrogen-bond donors (Lipinski definition) is 6. The van der Waals surface area contributed by atoms with Crippen LogP contribution in [0.5, 0.6) is 5.75 Å². The van der Waals surface area contributed by atoms with Gasteiger partial charge in [0.2, 0.25) is 23.6 Å². The molecule has 9 rings (SSSR count). The first-order valence-electron chi connectivity index (χ1n) is 24.2. The second kappa shape index (κ2) is 19.6. The third kappa shape index (κ3) is 9.49. The number of aliphatic hydroxyl groups excluding tert-OH is 1. The summed E-state index contributed by atoms with van der Waals surface area (Å²) in [6, 6.07) is 14.4. The number of H-pyrrole nitrogens is 2. The topological polar surface area (TPSA) is 224 Å². The molecule has 0 bridgehead atoms. The van der Waals surface area contributed by atoms with Crippen LogP contribution >= 0.6 is 0 Å². The van der Waals surface area contributed by atoms with Crippen molar-refractivity contribution in [1.29, 1.82) is 0 Å². The highest BCUT2D eigenvalue weighted by atomic mass is 16.5. The summed E-state index contributed by atoms with van der Waals surface area (Å²) < 4.78 is 11.3. The molecule has 0 aliphatic carbocycles. The molecule has 4 aliphatic heterocycles. The second-order valence-electron chi connectivity index (χ2n) is 19.7. The normalized spacial score (nSPS) is 21.4. The lowest BCUT2D eigenvalue weighted by Crippen LogP contribution is -2.51. The Morgan fingerprint density at radius 2 is 1.41 bits per heavy atom. The van der Waals surface area contributed by atoms with Gasteiger partial charge >= 0.3 is 6.09 Å². The highest BCUT2D eigenvalue weighted by Gasteiger charge is 2.39. The number of aliphatic hydroxyl groups is 1. The molecule has 6 atom stereocenters. The number of fused-ring (bicyclic) bond motifs is 4. The maximum Gasteiger partial charge on any atom is 0.407 e. The molecular weight excluding hydrogens is 867 g/mol. The van der Waals surface area contributed by atoms with Crippen molar-refractivity contribution < 1.29 is 38.6 Å². The summed E-state index contributed by atoms with van der Waals surface area (Å²) in [5.41, 5.74) is 8.31. The van der Waals surface area contributed by atoms with E-state index in [9.17, 15) is 29.1 Å². The van der Waals surface area contributed by atoms with Gasteiger partial charge in [-0.3, -0.25) is 19.2 Å². The zero-order valence-electron chi connectivity index (χ0n) is 39.5. The molecule has 360 valence electrons. The van der Waals surface area contributed by atoms with E-state index in [1.54, 1.807) is 4.90 Å². The van der Waals surface area contributed by atoms with E-state index < -0.39 is 30.7 Å². The van der Waals surface area contributed by atoms with Gasteiger partial charge in [0, 0.05) is 18.8 Å². The van der Waals surface area contributed by atoms with E-state index in [1.165, 1.54) is 12.7 Å². The molecule has 17 nitrogen and oxygen atoms in total. The zero-order chi connectivity index (χ0) is 47.8. The Morgan fingerprint density at radius 1 is 0.794 bits per heavy atom. The number of aryl methyl sites for hydroxylation is 2. The van der Waals surface area contributed by atoms with E-state index in [0.717, 1.165) is 101 Å². The Labute approximate surface area is 395 Å². The number of imidazole rings is 2. The van der Waals surface area contributed by atoms with Gasteiger partial charge in [0.15, 0.2) is 0 Å². The summed E-state index contributed by atoms with van der Waals surface area (Å²) in [7, 11) is 1.29. The summed E-state index contributed by atoms with van der Waals surface area (Å²) >= 11 is 0. The van der Waals surface area contributed by atoms with Crippen molar-refractivity contribution >= 4 is 57.5 Å². The van der Waals surface area contributed by atoms with Crippen LogP contribution in [0.2, 0.25) is 0 Å². The molecule has 2 saturated heterocycles. The minimum atomic E-state index is -0.755. The Balaban J connectivity index is 0.833. The van der Waals surface area contributed by atoms with Crippen LogP contribution in [0.3, 0.4) is 0 Å². The molecule has 6 heterocycles. The third-order valence-electron chi connectivity index (χ3n) is 14.4. The van der Waals surface area contributed by atoms with E-state index in [1.807, 2.05) is 56.9 Å². The van der Waals surface area contributed by atoms with Crippen molar-refractivity contribution in [3.8, 4) is 5.75 Å². The van der Waals surface area contributed by atoms with Crippen LogP contribution in [0, 0.1) is 17.8 Å². The largest absolute Gasteiger partial charge is 0.493 e. The van der Waals surface area contributed by atoms with Gasteiger partial charge < -0.3 is 50.3 Å². The van der Waals surface area contributed by atoms with Gasteiger partial charge in [0.25, 0.3) is 0 Å². The van der Waals surface area contributed by atoms with E-state index >= 15 is 0 Å². The highest BCUT2D eigenvalue weighted by Crippen LogP contribution is 2.39. The lowest BCUT2D eigenvalue weighted by molar-refractivity contribution is -0.139. The fraction of sp³-hybridized carbons (Fsp3) is 0.510. The van der Waals surface area contributed by atoms with Crippen LogP contribution in [0.4, 0.5) is 10.5 Å².